The minimum Gasteiger partial charge on any atom is -0.493 e. The fourth-order valence-corrected chi connectivity index (χ4v) is 4.46. The Balaban J connectivity index is 1.40. The van der Waals surface area contributed by atoms with Gasteiger partial charge in [0.25, 0.3) is 0 Å². The summed E-state index contributed by atoms with van der Waals surface area (Å²) in [6.07, 6.45) is 3.32. The molecule has 10 heteroatoms. The Kier molecular flexibility index (Phi) is 7.18. The Bertz CT molecular complexity index is 1260. The number of nitrogens with zero attached hydrogens (tertiary/aromatic N) is 2. The molecule has 2 aromatic heterocycles. The highest BCUT2D eigenvalue weighted by molar-refractivity contribution is 8.01. The van der Waals surface area contributed by atoms with Crippen molar-refractivity contribution in [1.82, 2.24) is 9.97 Å². The Morgan fingerprint density at radius 1 is 0.848 bits per heavy atom. The predicted octanol–water partition coefficient (Wildman–Crippen LogP) is 5.07. The summed E-state index contributed by atoms with van der Waals surface area (Å²) in [5, 5.41) is 6.22. The van der Waals surface area contributed by atoms with Gasteiger partial charge in [0.15, 0.2) is 22.4 Å². The van der Waals surface area contributed by atoms with Crippen molar-refractivity contribution in [2.45, 2.75) is 9.24 Å². The van der Waals surface area contributed by atoms with E-state index in [1.165, 1.54) is 23.1 Å². The summed E-state index contributed by atoms with van der Waals surface area (Å²) >= 11 is 2.67. The zero-order valence-corrected chi connectivity index (χ0v) is 19.0. The molecule has 8 nitrogen and oxygen atoms in total. The first kappa shape index (κ1) is 22.3. The topological polar surface area (TPSA) is 102 Å². The number of carbonyl (C=O) groups is 2. The molecule has 0 atom stereocenters. The van der Waals surface area contributed by atoms with Gasteiger partial charge in [-0.3, -0.25) is 14.9 Å². The molecule has 2 amide bonds. The largest absolute Gasteiger partial charge is 0.493 e. The fourth-order valence-electron chi connectivity index (χ4n) is 2.69. The Morgan fingerprint density at radius 2 is 1.55 bits per heavy atom. The summed E-state index contributed by atoms with van der Waals surface area (Å²) < 4.78 is 12.0. The molecule has 0 bridgehead atoms. The van der Waals surface area contributed by atoms with E-state index in [0.29, 0.717) is 28.1 Å². The number of aromatic nitrogens is 2. The van der Waals surface area contributed by atoms with Crippen molar-refractivity contribution in [3.8, 4) is 17.2 Å². The molecule has 0 unspecified atom stereocenters. The van der Waals surface area contributed by atoms with Crippen LogP contribution >= 0.6 is 23.1 Å². The van der Waals surface area contributed by atoms with Crippen molar-refractivity contribution in [3.63, 3.8) is 0 Å². The number of ether oxygens (including phenoxy) is 2. The van der Waals surface area contributed by atoms with Crippen molar-refractivity contribution < 1.29 is 19.1 Å². The highest BCUT2D eigenvalue weighted by Crippen LogP contribution is 2.35. The van der Waals surface area contributed by atoms with E-state index in [1.807, 2.05) is 24.3 Å². The molecule has 0 saturated heterocycles. The zero-order chi connectivity index (χ0) is 23.0. The predicted molar refractivity (Wildman–Crippen MR) is 127 cm³/mol. The van der Waals surface area contributed by atoms with Gasteiger partial charge in [-0.05, 0) is 36.4 Å². The molecule has 2 heterocycles. The van der Waals surface area contributed by atoms with Gasteiger partial charge in [-0.2, -0.15) is 0 Å². The third-order valence-electron chi connectivity index (χ3n) is 4.18. The molecule has 0 aliphatic rings. The lowest BCUT2D eigenvalue weighted by Gasteiger charge is -2.13. The highest BCUT2D eigenvalue weighted by Gasteiger charge is 2.18. The fraction of sp³-hybridized carbons (Fsp3) is 0.0435. The number of carbonyl (C=O) groups excluding carboxylic acids is 2. The lowest BCUT2D eigenvalue weighted by Crippen LogP contribution is -2.29. The van der Waals surface area contributed by atoms with Gasteiger partial charge in [0.05, 0.1) is 23.2 Å². The minimum atomic E-state index is -0.847. The van der Waals surface area contributed by atoms with Crippen LogP contribution in [0.3, 0.4) is 0 Å². The van der Waals surface area contributed by atoms with Crippen LogP contribution in [0.1, 0.15) is 0 Å². The molecule has 0 aliphatic heterocycles. The number of methoxy groups -OCH3 is 1. The van der Waals surface area contributed by atoms with Crippen LogP contribution in [-0.2, 0) is 9.59 Å². The van der Waals surface area contributed by atoms with E-state index in [1.54, 1.807) is 62.0 Å². The summed E-state index contributed by atoms with van der Waals surface area (Å²) in [6.45, 7) is 0. The molecule has 4 aromatic rings. The number of rotatable bonds is 7. The van der Waals surface area contributed by atoms with Crippen molar-refractivity contribution in [2.75, 3.05) is 17.7 Å². The summed E-state index contributed by atoms with van der Waals surface area (Å²) in [6, 6.07) is 19.5. The molecule has 4 rings (SSSR count). The van der Waals surface area contributed by atoms with E-state index in [4.69, 9.17) is 9.47 Å². The molecule has 0 aliphatic carbocycles. The maximum absolute atomic E-state index is 12.5. The zero-order valence-electron chi connectivity index (χ0n) is 17.3. The van der Waals surface area contributed by atoms with Crippen LogP contribution in [0.4, 0.5) is 10.8 Å². The number of nitrogens with one attached hydrogen (secondary N) is 2. The molecule has 0 saturated carbocycles. The number of anilines is 2. The number of pyridine rings is 1. The number of hydrogen-bond acceptors (Lipinski definition) is 8. The molecular weight excluding hydrogens is 460 g/mol. The van der Waals surface area contributed by atoms with Crippen molar-refractivity contribution >= 4 is 45.7 Å². The smallest absolute Gasteiger partial charge is 0.315 e. The quantitative estimate of drug-likeness (QED) is 0.358. The summed E-state index contributed by atoms with van der Waals surface area (Å²) in [5.41, 5.74) is 0.342. The summed E-state index contributed by atoms with van der Waals surface area (Å²) in [7, 11) is 1.54. The van der Waals surface area contributed by atoms with Crippen molar-refractivity contribution in [1.29, 1.82) is 0 Å². The maximum Gasteiger partial charge on any atom is 0.315 e. The second-order valence-electron chi connectivity index (χ2n) is 6.41. The van der Waals surface area contributed by atoms with Gasteiger partial charge in [0, 0.05) is 6.20 Å². The molecule has 0 radical (unpaired) electrons. The van der Waals surface area contributed by atoms with Gasteiger partial charge in [-0.1, -0.05) is 53.4 Å². The normalized spacial score (nSPS) is 10.3. The molecule has 2 N–H and O–H groups in total. The van der Waals surface area contributed by atoms with Crippen LogP contribution in [0.15, 0.2) is 88.4 Å². The highest BCUT2D eigenvalue weighted by atomic mass is 32.2. The van der Waals surface area contributed by atoms with Crippen molar-refractivity contribution in [2.24, 2.45) is 0 Å². The average molecular weight is 479 g/mol. The van der Waals surface area contributed by atoms with Gasteiger partial charge in [-0.15, -0.1) is 0 Å². The Labute approximate surface area is 198 Å². The second-order valence-corrected chi connectivity index (χ2v) is 8.76. The van der Waals surface area contributed by atoms with Crippen LogP contribution in [-0.4, -0.2) is 28.9 Å². The molecular formula is C23H18N4O4S2. The minimum absolute atomic E-state index is 0.312. The molecule has 166 valence electrons. The maximum atomic E-state index is 12.5. The summed E-state index contributed by atoms with van der Waals surface area (Å²) in [4.78, 5) is 33.3. The van der Waals surface area contributed by atoms with Crippen LogP contribution in [0.2, 0.25) is 0 Å². The molecule has 33 heavy (non-hydrogen) atoms. The van der Waals surface area contributed by atoms with Gasteiger partial charge in [-0.25, -0.2) is 9.97 Å². The molecule has 0 spiro atoms. The summed E-state index contributed by atoms with van der Waals surface area (Å²) in [5.74, 6) is -0.302. The molecule has 2 aromatic carbocycles. The number of hydrogen-bond donors (Lipinski definition) is 2. The van der Waals surface area contributed by atoms with Gasteiger partial charge >= 0.3 is 11.8 Å². The second kappa shape index (κ2) is 10.6. The van der Waals surface area contributed by atoms with E-state index < -0.39 is 11.8 Å². The van der Waals surface area contributed by atoms with E-state index in [9.17, 15) is 9.59 Å². The number of amides is 2. The number of para-hydroxylation sites is 4. The lowest BCUT2D eigenvalue weighted by atomic mass is 10.2. The third kappa shape index (κ3) is 5.88. The van der Waals surface area contributed by atoms with Crippen molar-refractivity contribution in [3.05, 3.63) is 79.1 Å². The van der Waals surface area contributed by atoms with E-state index in [0.717, 1.165) is 9.24 Å². The van der Waals surface area contributed by atoms with E-state index >= 15 is 0 Å². The van der Waals surface area contributed by atoms with Crippen LogP contribution in [0.5, 0.6) is 17.2 Å². The Hall–Kier alpha value is -3.89. The van der Waals surface area contributed by atoms with Gasteiger partial charge in [0.1, 0.15) is 5.03 Å². The van der Waals surface area contributed by atoms with Crippen LogP contribution in [0.25, 0.3) is 0 Å². The standard InChI is InChI=1S/C23H18N4O4S2/c1-30-17-10-4-5-11-18(17)31-16-9-3-2-8-15(16)26-21(28)22(29)27-23-25-14-20(33-23)32-19-12-6-7-13-24-19/h2-14H,1H3,(H,26,28)(H,25,27,29). The first-order valence-electron chi connectivity index (χ1n) is 9.69. The molecule has 0 fully saturated rings. The first-order valence-corrected chi connectivity index (χ1v) is 11.3. The SMILES string of the molecule is COc1ccccc1Oc1ccccc1NC(=O)C(=O)Nc1ncc(Sc2ccccn2)s1. The average Bonchev–Trinajstić information content (AvgIpc) is 3.27. The number of thiazole rings is 1. The monoisotopic (exact) mass is 478 g/mol. The van der Waals surface area contributed by atoms with E-state index in [-0.39, 0.29) is 0 Å². The van der Waals surface area contributed by atoms with Gasteiger partial charge in [0.2, 0.25) is 0 Å². The lowest BCUT2D eigenvalue weighted by molar-refractivity contribution is -0.133. The Morgan fingerprint density at radius 3 is 2.30 bits per heavy atom. The third-order valence-corrected chi connectivity index (χ3v) is 6.14. The van der Waals surface area contributed by atoms with Crippen LogP contribution < -0.4 is 20.1 Å². The first-order chi connectivity index (χ1) is 16.1. The van der Waals surface area contributed by atoms with Crippen LogP contribution in [0, 0.1) is 0 Å². The van der Waals surface area contributed by atoms with Gasteiger partial charge < -0.3 is 14.8 Å². The number of benzene rings is 2. The van der Waals surface area contributed by atoms with E-state index in [2.05, 4.69) is 20.6 Å².